The molecule has 46 heavy (non-hydrogen) atoms. The predicted octanol–water partition coefficient (Wildman–Crippen LogP) is 11.6. The molecule has 1 aliphatic rings. The first kappa shape index (κ1) is 42.3. The molecular formula is C41H75N3O2. The Bertz CT molecular complexity index is 849. The third kappa shape index (κ3) is 21.2. The van der Waals surface area contributed by atoms with E-state index in [1.807, 2.05) is 11.8 Å². The van der Waals surface area contributed by atoms with Crippen LogP contribution in [0.5, 0.6) is 0 Å². The summed E-state index contributed by atoms with van der Waals surface area (Å²) in [5, 5.41) is 0. The summed E-state index contributed by atoms with van der Waals surface area (Å²) in [4.78, 5) is 32.5. The van der Waals surface area contributed by atoms with Crippen molar-refractivity contribution in [3.05, 3.63) is 24.3 Å². The molecule has 5 heteroatoms. The average Bonchev–Trinajstić information content (AvgIpc) is 3.42. The van der Waals surface area contributed by atoms with Crippen LogP contribution in [0.25, 0.3) is 0 Å². The number of Topliss-reactive ketones (excluding diaryl/α,β-unsaturated/α-hetero) is 2. The molecule has 0 aliphatic carbocycles. The number of likely N-dealkylation sites (N-methyl/N-ethyl adjacent to an activating group) is 1. The number of carbonyl (C=O) groups excluding carboxylic acids is 2. The normalized spacial score (nSPS) is 16.7. The van der Waals surface area contributed by atoms with Crippen molar-refractivity contribution in [2.75, 3.05) is 13.1 Å². The minimum absolute atomic E-state index is 0.0209. The summed E-state index contributed by atoms with van der Waals surface area (Å²) in [5.74, 6) is 0.450. The molecule has 0 spiro atoms. The number of hydrogen-bond donors (Lipinski definition) is 1. The van der Waals surface area contributed by atoms with E-state index in [1.165, 1.54) is 122 Å². The van der Waals surface area contributed by atoms with Crippen LogP contribution in [-0.2, 0) is 9.59 Å². The Morgan fingerprint density at radius 1 is 0.587 bits per heavy atom. The van der Waals surface area contributed by atoms with Gasteiger partial charge in [0.2, 0.25) is 0 Å². The molecule has 1 atom stereocenters. The number of allylic oxidation sites excluding steroid dienone is 4. The lowest BCUT2D eigenvalue weighted by Gasteiger charge is -2.22. The van der Waals surface area contributed by atoms with Gasteiger partial charge in [-0.2, -0.15) is 0 Å². The third-order valence-electron chi connectivity index (χ3n) is 9.48. The van der Waals surface area contributed by atoms with E-state index in [0.717, 1.165) is 44.9 Å². The number of rotatable bonds is 33. The maximum atomic E-state index is 13.1. The lowest BCUT2D eigenvalue weighted by atomic mass is 10.00. The number of unbranched alkanes of at least 4 members (excludes halogenated alkanes) is 22. The molecule has 0 aromatic rings. The molecule has 0 aromatic carbocycles. The predicted molar refractivity (Wildman–Crippen MR) is 201 cm³/mol. The molecule has 0 bridgehead atoms. The van der Waals surface area contributed by atoms with Gasteiger partial charge >= 0.3 is 0 Å². The smallest absolute Gasteiger partial charge is 0.197 e. The number of hydrogen-bond acceptors (Lipinski definition) is 5. The van der Waals surface area contributed by atoms with Gasteiger partial charge in [-0.3, -0.25) is 15.3 Å². The standard InChI is InChI=1S/C41H75N3O2/c1-4-7-9-11-13-15-17-19-21-23-25-27-29-31-33-35-38(45)40-43-41(42,37-44(40)6-3)39(46)36-34-32-30-28-26-24-22-20-18-16-14-12-10-8-5-2/h19-22H,4-18,23-37,42H2,1-3H3/b21-19-,22-20-. The first-order valence-corrected chi connectivity index (χ1v) is 20.0. The topological polar surface area (TPSA) is 75.8 Å². The summed E-state index contributed by atoms with van der Waals surface area (Å²) in [6, 6.07) is 0. The maximum absolute atomic E-state index is 13.1. The summed E-state index contributed by atoms with van der Waals surface area (Å²) in [6.07, 6.45) is 42.5. The minimum Gasteiger partial charge on any atom is -0.350 e. The highest BCUT2D eigenvalue weighted by Gasteiger charge is 2.42. The van der Waals surface area contributed by atoms with Crippen LogP contribution in [0.15, 0.2) is 29.3 Å². The van der Waals surface area contributed by atoms with Gasteiger partial charge < -0.3 is 4.90 Å². The van der Waals surface area contributed by atoms with Crippen molar-refractivity contribution in [1.82, 2.24) is 4.90 Å². The Hall–Kier alpha value is -1.75. The second-order valence-electron chi connectivity index (χ2n) is 13.9. The third-order valence-corrected chi connectivity index (χ3v) is 9.48. The minimum atomic E-state index is -1.26. The number of carbonyl (C=O) groups is 2. The fraction of sp³-hybridized carbons (Fsp3) is 0.829. The van der Waals surface area contributed by atoms with Crippen molar-refractivity contribution >= 4 is 17.4 Å². The number of aliphatic imine (C=N–C) groups is 1. The van der Waals surface area contributed by atoms with Crippen molar-refractivity contribution in [1.29, 1.82) is 0 Å². The van der Waals surface area contributed by atoms with Crippen LogP contribution in [0.3, 0.4) is 0 Å². The van der Waals surface area contributed by atoms with Gasteiger partial charge in [-0.15, -0.1) is 0 Å². The van der Waals surface area contributed by atoms with Crippen LogP contribution in [0.2, 0.25) is 0 Å². The zero-order valence-corrected chi connectivity index (χ0v) is 30.8. The molecule has 0 fully saturated rings. The van der Waals surface area contributed by atoms with Crippen molar-refractivity contribution < 1.29 is 9.59 Å². The van der Waals surface area contributed by atoms with Gasteiger partial charge in [-0.1, -0.05) is 141 Å². The second-order valence-corrected chi connectivity index (χ2v) is 13.9. The van der Waals surface area contributed by atoms with Gasteiger partial charge in [0.1, 0.15) is 0 Å². The van der Waals surface area contributed by atoms with Crippen LogP contribution < -0.4 is 5.73 Å². The first-order valence-electron chi connectivity index (χ1n) is 20.0. The Morgan fingerprint density at radius 2 is 0.957 bits per heavy atom. The molecule has 0 aromatic heterocycles. The van der Waals surface area contributed by atoms with E-state index >= 15 is 0 Å². The van der Waals surface area contributed by atoms with E-state index in [-0.39, 0.29) is 11.6 Å². The summed E-state index contributed by atoms with van der Waals surface area (Å²) >= 11 is 0. The monoisotopic (exact) mass is 642 g/mol. The lowest BCUT2D eigenvalue weighted by Crippen LogP contribution is -2.50. The quantitative estimate of drug-likeness (QED) is 0.0571. The fourth-order valence-corrected chi connectivity index (χ4v) is 6.35. The van der Waals surface area contributed by atoms with E-state index < -0.39 is 5.66 Å². The Labute approximate surface area is 285 Å². The van der Waals surface area contributed by atoms with Gasteiger partial charge in [0.15, 0.2) is 23.1 Å². The molecule has 1 unspecified atom stereocenters. The number of nitrogens with zero attached hydrogens (tertiary/aromatic N) is 2. The van der Waals surface area contributed by atoms with E-state index in [2.05, 4.69) is 43.1 Å². The molecule has 0 saturated carbocycles. The van der Waals surface area contributed by atoms with Gasteiger partial charge in [0.25, 0.3) is 0 Å². The molecule has 1 rings (SSSR count). The summed E-state index contributed by atoms with van der Waals surface area (Å²) in [6.45, 7) is 7.52. The van der Waals surface area contributed by atoms with Crippen LogP contribution in [0.4, 0.5) is 0 Å². The average molecular weight is 642 g/mol. The molecule has 0 saturated heterocycles. The van der Waals surface area contributed by atoms with E-state index in [1.54, 1.807) is 0 Å². The highest BCUT2D eigenvalue weighted by atomic mass is 16.1. The molecule has 266 valence electrons. The molecular weight excluding hydrogens is 566 g/mol. The zero-order valence-electron chi connectivity index (χ0n) is 30.8. The van der Waals surface area contributed by atoms with Crippen molar-refractivity contribution in [2.24, 2.45) is 10.7 Å². The molecule has 0 radical (unpaired) electrons. The largest absolute Gasteiger partial charge is 0.350 e. The van der Waals surface area contributed by atoms with Gasteiger partial charge in [-0.05, 0) is 71.1 Å². The van der Waals surface area contributed by atoms with E-state index in [4.69, 9.17) is 5.73 Å². The maximum Gasteiger partial charge on any atom is 0.197 e. The molecule has 1 heterocycles. The highest BCUT2D eigenvalue weighted by Crippen LogP contribution is 2.22. The van der Waals surface area contributed by atoms with Crippen LogP contribution in [-0.4, -0.2) is 41.1 Å². The number of ketones is 2. The summed E-state index contributed by atoms with van der Waals surface area (Å²) in [7, 11) is 0. The zero-order chi connectivity index (χ0) is 33.6. The number of amidine groups is 1. The lowest BCUT2D eigenvalue weighted by molar-refractivity contribution is -0.124. The first-order chi connectivity index (χ1) is 22.5. The van der Waals surface area contributed by atoms with Crippen molar-refractivity contribution in [3.8, 4) is 0 Å². The van der Waals surface area contributed by atoms with E-state index in [0.29, 0.717) is 31.8 Å². The fourth-order valence-electron chi connectivity index (χ4n) is 6.35. The van der Waals surface area contributed by atoms with Gasteiger partial charge in [0.05, 0.1) is 6.54 Å². The second kappa shape index (κ2) is 29.4. The highest BCUT2D eigenvalue weighted by molar-refractivity contribution is 6.39. The Morgan fingerprint density at radius 3 is 1.37 bits per heavy atom. The number of nitrogens with two attached hydrogens (primary N) is 1. The van der Waals surface area contributed by atoms with Crippen LogP contribution in [0.1, 0.15) is 201 Å². The summed E-state index contributed by atoms with van der Waals surface area (Å²) < 4.78 is 0. The SMILES string of the molecule is CCCCCCCC/C=C\CCCCCCCC(=O)C1=NC(N)(C(=O)CCCCCCC/C=C\CCCCCCCC)CN1CC. The van der Waals surface area contributed by atoms with Crippen LogP contribution >= 0.6 is 0 Å². The molecule has 0 amide bonds. The van der Waals surface area contributed by atoms with Gasteiger partial charge in [0, 0.05) is 19.4 Å². The van der Waals surface area contributed by atoms with E-state index in [9.17, 15) is 9.59 Å². The Kier molecular flexibility index (Phi) is 27.0. The summed E-state index contributed by atoms with van der Waals surface area (Å²) in [5.41, 5.74) is 5.24. The van der Waals surface area contributed by atoms with Crippen molar-refractivity contribution in [3.63, 3.8) is 0 Å². The molecule has 2 N–H and O–H groups in total. The van der Waals surface area contributed by atoms with Gasteiger partial charge in [-0.25, -0.2) is 4.99 Å². The Balaban J connectivity index is 2.14. The van der Waals surface area contributed by atoms with Crippen molar-refractivity contribution in [2.45, 2.75) is 206 Å². The van der Waals surface area contributed by atoms with Crippen LogP contribution in [0, 0.1) is 0 Å². The molecule has 1 aliphatic heterocycles. The molecule has 5 nitrogen and oxygen atoms in total.